The van der Waals surface area contributed by atoms with Gasteiger partial charge < -0.3 is 4.79 Å². The lowest BCUT2D eigenvalue weighted by atomic mass is 10.0. The third-order valence-electron chi connectivity index (χ3n) is 4.45. The Morgan fingerprint density at radius 1 is 1.11 bits per heavy atom. The summed E-state index contributed by atoms with van der Waals surface area (Å²) in [6.07, 6.45) is 1.32. The molecule has 0 bridgehead atoms. The van der Waals surface area contributed by atoms with Crippen molar-refractivity contribution in [2.45, 2.75) is 44.7 Å². The van der Waals surface area contributed by atoms with Crippen molar-refractivity contribution in [1.29, 1.82) is 0 Å². The van der Waals surface area contributed by atoms with Gasteiger partial charge in [0.1, 0.15) is 5.78 Å². The summed E-state index contributed by atoms with van der Waals surface area (Å²) in [5, 5.41) is 1.29. The molecular weight excluding hydrogens is 356 g/mol. The van der Waals surface area contributed by atoms with Crippen LogP contribution in [0.1, 0.15) is 45.1 Å². The zero-order chi connectivity index (χ0) is 19.4. The molecule has 0 aliphatic heterocycles. The monoisotopic (exact) mass is 380 g/mol. The molecule has 0 N–H and O–H groups in total. The molecule has 0 aliphatic rings. The minimum Gasteiger partial charge on any atom is -0.300 e. The van der Waals surface area contributed by atoms with Gasteiger partial charge in [-0.25, -0.2) is 4.98 Å². The first kappa shape index (κ1) is 19.4. The fraction of sp³-hybridized carbons (Fsp3) is 0.318. The maximum atomic E-state index is 13.3. The van der Waals surface area contributed by atoms with E-state index in [0.29, 0.717) is 22.5 Å². The smallest absolute Gasteiger partial charge is 0.266 e. The maximum Gasteiger partial charge on any atom is 0.266 e. The molecule has 3 rings (SSSR count). The summed E-state index contributed by atoms with van der Waals surface area (Å²) < 4.78 is 1.73. The highest BCUT2D eigenvalue weighted by atomic mass is 32.2. The molecule has 2 aromatic carbocycles. The molecular formula is C22H24N2O2S. The number of ketones is 1. The minimum absolute atomic E-state index is 0.0530. The number of para-hydroxylation sites is 2. The third-order valence-corrected chi connectivity index (χ3v) is 5.47. The number of fused-ring (bicyclic) bond motifs is 1. The average Bonchev–Trinajstić information content (AvgIpc) is 2.65. The van der Waals surface area contributed by atoms with Crippen molar-refractivity contribution in [3.8, 4) is 5.69 Å². The standard InChI is InChI=1S/C22H24N2O2S/c1-15(2)17-10-5-7-13-20(17)24-21(26)18-11-4-6-12-19(18)23-22(24)27-14-8-9-16(3)25/h4-7,10-13,15H,8-9,14H2,1-3H3. The molecule has 0 unspecified atom stereocenters. The second-order valence-corrected chi connectivity index (χ2v) is 7.98. The highest BCUT2D eigenvalue weighted by molar-refractivity contribution is 7.99. The topological polar surface area (TPSA) is 52.0 Å². The van der Waals surface area contributed by atoms with Crippen LogP contribution in [0.15, 0.2) is 58.5 Å². The first-order chi connectivity index (χ1) is 13.0. The van der Waals surface area contributed by atoms with Crippen LogP contribution in [0, 0.1) is 0 Å². The molecule has 0 amide bonds. The van der Waals surface area contributed by atoms with Crippen LogP contribution in [-0.2, 0) is 4.79 Å². The summed E-state index contributed by atoms with van der Waals surface area (Å²) in [5.41, 5.74) is 2.64. The number of Topliss-reactive ketones (excluding diaryl/α,β-unsaturated/α-hetero) is 1. The van der Waals surface area contributed by atoms with Gasteiger partial charge >= 0.3 is 0 Å². The summed E-state index contributed by atoms with van der Waals surface area (Å²) in [7, 11) is 0. The van der Waals surface area contributed by atoms with Gasteiger partial charge in [-0.2, -0.15) is 0 Å². The van der Waals surface area contributed by atoms with Crippen LogP contribution in [0.3, 0.4) is 0 Å². The number of hydrogen-bond acceptors (Lipinski definition) is 4. The van der Waals surface area contributed by atoms with E-state index in [1.54, 1.807) is 11.5 Å². The van der Waals surface area contributed by atoms with E-state index in [9.17, 15) is 9.59 Å². The zero-order valence-electron chi connectivity index (χ0n) is 15.9. The van der Waals surface area contributed by atoms with Crippen LogP contribution in [0.5, 0.6) is 0 Å². The van der Waals surface area contributed by atoms with Crippen LogP contribution < -0.4 is 5.56 Å². The molecule has 0 spiro atoms. The SMILES string of the molecule is CC(=O)CCCSc1nc2ccccc2c(=O)n1-c1ccccc1C(C)C. The molecule has 0 radical (unpaired) electrons. The maximum absolute atomic E-state index is 13.3. The molecule has 4 nitrogen and oxygen atoms in total. The summed E-state index contributed by atoms with van der Waals surface area (Å²) >= 11 is 1.53. The Morgan fingerprint density at radius 2 is 1.81 bits per heavy atom. The van der Waals surface area contributed by atoms with E-state index in [1.807, 2.05) is 42.5 Å². The molecule has 0 fully saturated rings. The molecule has 0 aliphatic carbocycles. The largest absolute Gasteiger partial charge is 0.300 e. The van der Waals surface area contributed by atoms with Crippen molar-refractivity contribution in [3.63, 3.8) is 0 Å². The van der Waals surface area contributed by atoms with Gasteiger partial charge in [0.15, 0.2) is 5.16 Å². The van der Waals surface area contributed by atoms with Crippen LogP contribution in [0.4, 0.5) is 0 Å². The third kappa shape index (κ3) is 4.30. The molecule has 0 saturated carbocycles. The summed E-state index contributed by atoms with van der Waals surface area (Å²) in [4.78, 5) is 29.3. The van der Waals surface area contributed by atoms with E-state index >= 15 is 0 Å². The predicted octanol–water partition coefficient (Wildman–Crippen LogP) is 4.97. The quantitative estimate of drug-likeness (QED) is 0.330. The first-order valence-corrected chi connectivity index (χ1v) is 10.2. The second kappa shape index (κ2) is 8.53. The fourth-order valence-corrected chi connectivity index (χ4v) is 4.03. The van der Waals surface area contributed by atoms with E-state index in [0.717, 1.165) is 23.4 Å². The average molecular weight is 381 g/mol. The van der Waals surface area contributed by atoms with Crippen molar-refractivity contribution >= 4 is 28.4 Å². The highest BCUT2D eigenvalue weighted by Gasteiger charge is 2.16. The number of carbonyl (C=O) groups is 1. The van der Waals surface area contributed by atoms with Gasteiger partial charge in [0.05, 0.1) is 16.6 Å². The van der Waals surface area contributed by atoms with E-state index in [2.05, 4.69) is 19.9 Å². The molecule has 27 heavy (non-hydrogen) atoms. The lowest BCUT2D eigenvalue weighted by Gasteiger charge is -2.18. The van der Waals surface area contributed by atoms with Gasteiger partial charge in [0, 0.05) is 12.2 Å². The second-order valence-electron chi connectivity index (χ2n) is 6.92. The normalized spacial score (nSPS) is 11.3. The number of benzene rings is 2. The van der Waals surface area contributed by atoms with E-state index in [4.69, 9.17) is 4.98 Å². The lowest BCUT2D eigenvalue weighted by Crippen LogP contribution is -2.23. The van der Waals surface area contributed by atoms with Crippen LogP contribution >= 0.6 is 11.8 Å². The van der Waals surface area contributed by atoms with E-state index in [-0.39, 0.29) is 17.3 Å². The Kier molecular flexibility index (Phi) is 6.11. The van der Waals surface area contributed by atoms with Crippen LogP contribution in [0.2, 0.25) is 0 Å². The summed E-state index contributed by atoms with van der Waals surface area (Å²) in [5.74, 6) is 1.22. The van der Waals surface area contributed by atoms with Gasteiger partial charge in [-0.1, -0.05) is 55.9 Å². The van der Waals surface area contributed by atoms with Crippen LogP contribution in [0.25, 0.3) is 16.6 Å². The Morgan fingerprint density at radius 3 is 2.56 bits per heavy atom. The molecule has 3 aromatic rings. The van der Waals surface area contributed by atoms with Crippen LogP contribution in [-0.4, -0.2) is 21.1 Å². The molecule has 1 heterocycles. The number of nitrogens with zero attached hydrogens (tertiary/aromatic N) is 2. The predicted molar refractivity (Wildman–Crippen MR) is 112 cm³/mol. The number of thioether (sulfide) groups is 1. The van der Waals surface area contributed by atoms with Crippen molar-refractivity contribution < 1.29 is 4.79 Å². The Balaban J connectivity index is 2.14. The van der Waals surface area contributed by atoms with Gasteiger partial charge in [0.25, 0.3) is 5.56 Å². The Hall–Kier alpha value is -2.40. The van der Waals surface area contributed by atoms with Crippen molar-refractivity contribution in [1.82, 2.24) is 9.55 Å². The zero-order valence-corrected chi connectivity index (χ0v) is 16.8. The highest BCUT2D eigenvalue weighted by Crippen LogP contribution is 2.27. The van der Waals surface area contributed by atoms with Crippen molar-refractivity contribution in [2.24, 2.45) is 0 Å². The Bertz CT molecular complexity index is 1020. The summed E-state index contributed by atoms with van der Waals surface area (Å²) in [6.45, 7) is 5.85. The fourth-order valence-electron chi connectivity index (χ4n) is 3.09. The summed E-state index contributed by atoms with van der Waals surface area (Å²) in [6, 6.07) is 15.4. The Labute approximate surface area is 163 Å². The molecule has 0 saturated heterocycles. The van der Waals surface area contributed by atoms with Gasteiger partial charge in [0.2, 0.25) is 0 Å². The van der Waals surface area contributed by atoms with Gasteiger partial charge in [-0.15, -0.1) is 0 Å². The van der Waals surface area contributed by atoms with Crippen molar-refractivity contribution in [2.75, 3.05) is 5.75 Å². The van der Waals surface area contributed by atoms with Gasteiger partial charge in [-0.3, -0.25) is 9.36 Å². The number of aromatic nitrogens is 2. The first-order valence-electron chi connectivity index (χ1n) is 9.22. The molecule has 1 aromatic heterocycles. The van der Waals surface area contributed by atoms with Crippen molar-refractivity contribution in [3.05, 3.63) is 64.4 Å². The lowest BCUT2D eigenvalue weighted by molar-refractivity contribution is -0.117. The van der Waals surface area contributed by atoms with E-state index in [1.165, 1.54) is 11.8 Å². The minimum atomic E-state index is -0.0530. The molecule has 0 atom stereocenters. The molecule has 5 heteroatoms. The van der Waals surface area contributed by atoms with Gasteiger partial charge in [-0.05, 0) is 43.0 Å². The number of carbonyl (C=O) groups excluding carboxylic acids is 1. The molecule has 140 valence electrons. The van der Waals surface area contributed by atoms with E-state index < -0.39 is 0 Å². The number of rotatable bonds is 7. The number of hydrogen-bond donors (Lipinski definition) is 0.